The van der Waals surface area contributed by atoms with Crippen molar-refractivity contribution in [1.29, 1.82) is 0 Å². The van der Waals surface area contributed by atoms with E-state index in [4.69, 9.17) is 27.9 Å². The summed E-state index contributed by atoms with van der Waals surface area (Å²) in [5.74, 6) is 3.45. The lowest BCUT2D eigenvalue weighted by Gasteiger charge is -2.24. The quantitative estimate of drug-likeness (QED) is 0.671. The molecule has 3 rings (SSSR count). The normalized spacial score (nSPS) is 30.6. The minimum absolute atomic E-state index is 0.0766. The fourth-order valence-electron chi connectivity index (χ4n) is 3.94. The van der Waals surface area contributed by atoms with Gasteiger partial charge in [-0.1, -0.05) is 24.1 Å². The van der Waals surface area contributed by atoms with Crippen LogP contribution in [-0.2, 0) is 0 Å². The van der Waals surface area contributed by atoms with Gasteiger partial charge in [0, 0.05) is 0 Å². The van der Waals surface area contributed by atoms with Crippen LogP contribution in [0.1, 0.15) is 43.0 Å². The minimum Gasteiger partial charge on any atom is -0.495 e. The van der Waals surface area contributed by atoms with Gasteiger partial charge in [0.15, 0.2) is 0 Å². The summed E-state index contributed by atoms with van der Waals surface area (Å²) in [6, 6.07) is 5.90. The fraction of sp³-hybridized carbons (Fsp3) is 0.625. The molecule has 0 heterocycles. The maximum Gasteiger partial charge on any atom is 0.137 e. The van der Waals surface area contributed by atoms with Crippen molar-refractivity contribution >= 4 is 23.2 Å². The number of rotatable bonds is 4. The molecule has 0 aliphatic heterocycles. The molecule has 0 saturated heterocycles. The van der Waals surface area contributed by atoms with Crippen LogP contribution in [0.4, 0.5) is 0 Å². The summed E-state index contributed by atoms with van der Waals surface area (Å²) in [5, 5.41) is 0.728. The summed E-state index contributed by atoms with van der Waals surface area (Å²) in [7, 11) is 1.63. The van der Waals surface area contributed by atoms with E-state index in [-0.39, 0.29) is 5.38 Å². The zero-order valence-electron chi connectivity index (χ0n) is 11.2. The highest BCUT2D eigenvalue weighted by atomic mass is 35.5. The van der Waals surface area contributed by atoms with E-state index < -0.39 is 0 Å². The number of hydrogen-bond acceptors (Lipinski definition) is 1. The molecule has 2 aliphatic rings. The van der Waals surface area contributed by atoms with Crippen LogP contribution < -0.4 is 4.74 Å². The standard InChI is InChI=1S/C16H20Cl2O/c1-19-16-5-4-12(8-15(16)18)14(17)9-13-7-10-2-3-11(13)6-10/h4-5,8,10-11,13-14H,2-3,6-7,9H2,1H3. The largest absolute Gasteiger partial charge is 0.495 e. The van der Waals surface area contributed by atoms with E-state index in [1.54, 1.807) is 7.11 Å². The number of halogens is 2. The van der Waals surface area contributed by atoms with Crippen LogP contribution in [0, 0.1) is 17.8 Å². The third-order valence-corrected chi connectivity index (χ3v) is 5.66. The lowest BCUT2D eigenvalue weighted by atomic mass is 9.84. The number of hydrogen-bond donors (Lipinski definition) is 0. The Morgan fingerprint density at radius 2 is 2.16 bits per heavy atom. The summed E-state index contributed by atoms with van der Waals surface area (Å²) in [6.07, 6.45) is 6.78. The SMILES string of the molecule is COc1ccc(C(Cl)CC2CC3CCC2C3)cc1Cl. The third kappa shape index (κ3) is 2.73. The van der Waals surface area contributed by atoms with Crippen LogP contribution in [-0.4, -0.2) is 7.11 Å². The summed E-state index contributed by atoms with van der Waals surface area (Å²) >= 11 is 12.8. The van der Waals surface area contributed by atoms with Crippen molar-refractivity contribution in [3.8, 4) is 5.75 Å². The van der Waals surface area contributed by atoms with Gasteiger partial charge >= 0.3 is 0 Å². The van der Waals surface area contributed by atoms with Crippen LogP contribution in [0.3, 0.4) is 0 Å². The van der Waals surface area contributed by atoms with E-state index in [2.05, 4.69) is 0 Å². The second kappa shape index (κ2) is 5.54. The zero-order chi connectivity index (χ0) is 13.4. The van der Waals surface area contributed by atoms with E-state index in [0.29, 0.717) is 10.8 Å². The van der Waals surface area contributed by atoms with Crippen LogP contribution in [0.25, 0.3) is 0 Å². The molecule has 1 aromatic carbocycles. The second-order valence-electron chi connectivity index (χ2n) is 6.03. The molecule has 0 amide bonds. The molecule has 19 heavy (non-hydrogen) atoms. The number of benzene rings is 1. The van der Waals surface area contributed by atoms with Crippen LogP contribution in [0.15, 0.2) is 18.2 Å². The Morgan fingerprint density at radius 1 is 1.32 bits per heavy atom. The first-order chi connectivity index (χ1) is 9.17. The Morgan fingerprint density at radius 3 is 2.74 bits per heavy atom. The zero-order valence-corrected chi connectivity index (χ0v) is 12.8. The van der Waals surface area contributed by atoms with Crippen molar-refractivity contribution in [2.24, 2.45) is 17.8 Å². The molecule has 4 unspecified atom stereocenters. The van der Waals surface area contributed by atoms with Gasteiger partial charge in [-0.05, 0) is 61.1 Å². The molecule has 1 nitrogen and oxygen atoms in total. The molecule has 2 saturated carbocycles. The second-order valence-corrected chi connectivity index (χ2v) is 6.97. The third-order valence-electron chi connectivity index (χ3n) is 4.93. The Labute approximate surface area is 125 Å². The van der Waals surface area contributed by atoms with Crippen LogP contribution in [0.2, 0.25) is 5.02 Å². The Kier molecular flexibility index (Phi) is 3.96. The van der Waals surface area contributed by atoms with Gasteiger partial charge in [-0.15, -0.1) is 11.6 Å². The van der Waals surface area contributed by atoms with Crippen molar-refractivity contribution in [1.82, 2.24) is 0 Å². The molecule has 2 fully saturated rings. The van der Waals surface area contributed by atoms with Crippen molar-refractivity contribution < 1.29 is 4.74 Å². The van der Waals surface area contributed by atoms with Crippen molar-refractivity contribution in [3.63, 3.8) is 0 Å². The van der Waals surface area contributed by atoms with Crippen LogP contribution in [0.5, 0.6) is 5.75 Å². The van der Waals surface area contributed by atoms with E-state index in [1.165, 1.54) is 25.7 Å². The smallest absolute Gasteiger partial charge is 0.137 e. The molecule has 3 heteroatoms. The molecule has 2 bridgehead atoms. The summed E-state index contributed by atoms with van der Waals surface area (Å²) < 4.78 is 5.18. The maximum atomic E-state index is 6.59. The highest BCUT2D eigenvalue weighted by molar-refractivity contribution is 6.32. The first kappa shape index (κ1) is 13.6. The maximum absolute atomic E-state index is 6.59. The highest BCUT2D eigenvalue weighted by Gasteiger charge is 2.40. The van der Waals surface area contributed by atoms with E-state index in [9.17, 15) is 0 Å². The van der Waals surface area contributed by atoms with Crippen LogP contribution >= 0.6 is 23.2 Å². The van der Waals surface area contributed by atoms with E-state index in [1.807, 2.05) is 18.2 Å². The topological polar surface area (TPSA) is 9.23 Å². The Balaban J connectivity index is 1.67. The van der Waals surface area contributed by atoms with Gasteiger partial charge in [0.25, 0.3) is 0 Å². The lowest BCUT2D eigenvalue weighted by Crippen LogP contribution is -2.12. The summed E-state index contributed by atoms with van der Waals surface area (Å²) in [4.78, 5) is 0. The van der Waals surface area contributed by atoms with E-state index >= 15 is 0 Å². The van der Waals surface area contributed by atoms with Gasteiger partial charge in [-0.25, -0.2) is 0 Å². The van der Waals surface area contributed by atoms with E-state index in [0.717, 1.165) is 29.7 Å². The van der Waals surface area contributed by atoms with Gasteiger partial charge < -0.3 is 4.74 Å². The van der Waals surface area contributed by atoms with Gasteiger partial charge in [0.2, 0.25) is 0 Å². The Hall–Kier alpha value is -0.400. The average Bonchev–Trinajstić information content (AvgIpc) is 3.00. The minimum atomic E-state index is 0.0766. The molecule has 0 N–H and O–H groups in total. The summed E-state index contributed by atoms with van der Waals surface area (Å²) in [5.41, 5.74) is 1.12. The van der Waals surface area contributed by atoms with Crippen molar-refractivity contribution in [3.05, 3.63) is 28.8 Å². The number of methoxy groups -OCH3 is 1. The Bertz CT molecular complexity index is 460. The van der Waals surface area contributed by atoms with Gasteiger partial charge in [0.05, 0.1) is 17.5 Å². The number of fused-ring (bicyclic) bond motifs is 2. The molecular formula is C16H20Cl2O. The van der Waals surface area contributed by atoms with Crippen molar-refractivity contribution in [2.75, 3.05) is 7.11 Å². The lowest BCUT2D eigenvalue weighted by molar-refractivity contribution is 0.312. The molecule has 0 aromatic heterocycles. The predicted octanol–water partition coefficient (Wildman–Crippen LogP) is 5.45. The average molecular weight is 299 g/mol. The molecule has 1 aromatic rings. The molecule has 2 aliphatic carbocycles. The number of alkyl halides is 1. The predicted molar refractivity (Wildman–Crippen MR) is 80.2 cm³/mol. The summed E-state index contributed by atoms with van der Waals surface area (Å²) in [6.45, 7) is 0. The number of ether oxygens (including phenoxy) is 1. The molecule has 0 spiro atoms. The molecule has 4 atom stereocenters. The van der Waals surface area contributed by atoms with Gasteiger partial charge in [0.1, 0.15) is 5.75 Å². The molecular weight excluding hydrogens is 279 g/mol. The monoisotopic (exact) mass is 298 g/mol. The first-order valence-electron chi connectivity index (χ1n) is 7.15. The van der Waals surface area contributed by atoms with Gasteiger partial charge in [-0.3, -0.25) is 0 Å². The molecule has 0 radical (unpaired) electrons. The highest BCUT2D eigenvalue weighted by Crippen LogP contribution is 2.51. The van der Waals surface area contributed by atoms with Gasteiger partial charge in [-0.2, -0.15) is 0 Å². The van der Waals surface area contributed by atoms with Crippen molar-refractivity contribution in [2.45, 2.75) is 37.5 Å². The molecule has 104 valence electrons. The first-order valence-corrected chi connectivity index (χ1v) is 7.96. The fourth-order valence-corrected chi connectivity index (χ4v) is 4.58.